The van der Waals surface area contributed by atoms with Crippen LogP contribution in [-0.2, 0) is 0 Å². The van der Waals surface area contributed by atoms with Gasteiger partial charge in [-0.05, 0) is 20.4 Å². The minimum absolute atomic E-state index is 0.622. The molecule has 100 valence electrons. The lowest BCUT2D eigenvalue weighted by Crippen LogP contribution is -2.51. The van der Waals surface area contributed by atoms with E-state index in [0.29, 0.717) is 6.04 Å². The van der Waals surface area contributed by atoms with Crippen molar-refractivity contribution >= 4 is 11.6 Å². The van der Waals surface area contributed by atoms with Crippen LogP contribution in [-0.4, -0.2) is 54.1 Å². The Kier molecular flexibility index (Phi) is 4.36. The van der Waals surface area contributed by atoms with Crippen molar-refractivity contribution in [3.05, 3.63) is 12.4 Å². The van der Waals surface area contributed by atoms with Crippen molar-refractivity contribution in [2.45, 2.75) is 26.3 Å². The number of aromatic nitrogens is 2. The van der Waals surface area contributed by atoms with Gasteiger partial charge in [-0.15, -0.1) is 0 Å². The normalized spacial score (nSPS) is 21.1. The van der Waals surface area contributed by atoms with Crippen molar-refractivity contribution in [1.82, 2.24) is 14.9 Å². The Bertz CT molecular complexity index is 381. The second-order valence-electron chi connectivity index (χ2n) is 4.78. The lowest BCUT2D eigenvalue weighted by molar-refractivity contribution is 0.213. The number of hydrogen-bond acceptors (Lipinski definition) is 5. The molecule has 1 fully saturated rings. The molecule has 5 heteroatoms. The van der Waals surface area contributed by atoms with Crippen LogP contribution in [0.3, 0.4) is 0 Å². The summed E-state index contributed by atoms with van der Waals surface area (Å²) in [6.07, 6.45) is 2.82. The zero-order chi connectivity index (χ0) is 13.0. The van der Waals surface area contributed by atoms with Crippen molar-refractivity contribution in [2.24, 2.45) is 0 Å². The molecule has 2 rings (SSSR count). The minimum atomic E-state index is 0.622. The van der Waals surface area contributed by atoms with Gasteiger partial charge in [0.15, 0.2) is 0 Å². The van der Waals surface area contributed by atoms with Gasteiger partial charge in [-0.1, -0.05) is 6.92 Å². The molecule has 1 aliphatic rings. The lowest BCUT2D eigenvalue weighted by Gasteiger charge is -2.39. The van der Waals surface area contributed by atoms with E-state index in [9.17, 15) is 0 Å². The van der Waals surface area contributed by atoms with Gasteiger partial charge in [-0.25, -0.2) is 9.97 Å². The molecule has 0 saturated carbocycles. The smallest absolute Gasteiger partial charge is 0.134 e. The summed E-state index contributed by atoms with van der Waals surface area (Å²) in [5.41, 5.74) is 0. The highest BCUT2D eigenvalue weighted by Gasteiger charge is 2.23. The van der Waals surface area contributed by atoms with E-state index in [4.69, 9.17) is 0 Å². The van der Waals surface area contributed by atoms with E-state index in [0.717, 1.165) is 37.8 Å². The van der Waals surface area contributed by atoms with Crippen LogP contribution in [0, 0.1) is 0 Å². The predicted octanol–water partition coefficient (Wildman–Crippen LogP) is 1.44. The van der Waals surface area contributed by atoms with Gasteiger partial charge in [0, 0.05) is 38.3 Å². The maximum absolute atomic E-state index is 4.40. The highest BCUT2D eigenvalue weighted by molar-refractivity contribution is 5.48. The molecule has 0 aliphatic carbocycles. The quantitative estimate of drug-likeness (QED) is 0.874. The molecule has 1 aliphatic heterocycles. The van der Waals surface area contributed by atoms with E-state index < -0.39 is 0 Å². The fourth-order valence-electron chi connectivity index (χ4n) is 2.39. The van der Waals surface area contributed by atoms with Gasteiger partial charge in [0.1, 0.15) is 18.0 Å². The maximum Gasteiger partial charge on any atom is 0.134 e. The average molecular weight is 249 g/mol. The van der Waals surface area contributed by atoms with Crippen LogP contribution in [0.5, 0.6) is 0 Å². The topological polar surface area (TPSA) is 44.3 Å². The van der Waals surface area contributed by atoms with Crippen LogP contribution >= 0.6 is 0 Å². The molecule has 1 aromatic heterocycles. The molecular weight excluding hydrogens is 226 g/mol. The molecule has 0 radical (unpaired) electrons. The fourth-order valence-corrected chi connectivity index (χ4v) is 2.39. The van der Waals surface area contributed by atoms with E-state index in [1.807, 2.05) is 6.07 Å². The minimum Gasteiger partial charge on any atom is -0.370 e. The zero-order valence-corrected chi connectivity index (χ0v) is 11.6. The Morgan fingerprint density at radius 2 is 2.17 bits per heavy atom. The second kappa shape index (κ2) is 6.00. The highest BCUT2D eigenvalue weighted by atomic mass is 15.3. The summed E-state index contributed by atoms with van der Waals surface area (Å²) in [5, 5.41) is 3.23. The zero-order valence-electron chi connectivity index (χ0n) is 11.6. The van der Waals surface area contributed by atoms with E-state index in [1.54, 1.807) is 6.33 Å². The molecular formula is C13H23N5. The van der Waals surface area contributed by atoms with Crippen LogP contribution in [0.4, 0.5) is 11.6 Å². The number of nitrogens with one attached hydrogen (secondary N) is 1. The van der Waals surface area contributed by atoms with Crippen LogP contribution < -0.4 is 10.2 Å². The molecule has 1 unspecified atom stereocenters. The number of hydrogen-bond donors (Lipinski definition) is 1. The molecule has 0 spiro atoms. The highest BCUT2D eigenvalue weighted by Crippen LogP contribution is 2.19. The Hall–Kier alpha value is -1.36. The monoisotopic (exact) mass is 249 g/mol. The molecule has 1 saturated heterocycles. The van der Waals surface area contributed by atoms with Crippen molar-refractivity contribution in [2.75, 3.05) is 43.4 Å². The van der Waals surface area contributed by atoms with Crippen LogP contribution in [0.2, 0.25) is 0 Å². The van der Waals surface area contributed by atoms with Crippen LogP contribution in [0.1, 0.15) is 20.3 Å². The molecule has 2 heterocycles. The molecule has 5 nitrogen and oxygen atoms in total. The van der Waals surface area contributed by atoms with Crippen molar-refractivity contribution in [3.63, 3.8) is 0 Å². The Morgan fingerprint density at radius 3 is 2.89 bits per heavy atom. The SMILES string of the molecule is CCNc1cc(N2CCN(C)C(CC)C2)ncn1. The third-order valence-corrected chi connectivity index (χ3v) is 3.58. The summed E-state index contributed by atoms with van der Waals surface area (Å²) in [6, 6.07) is 2.66. The van der Waals surface area contributed by atoms with E-state index in [-0.39, 0.29) is 0 Å². The summed E-state index contributed by atoms with van der Waals surface area (Å²) in [4.78, 5) is 13.4. The summed E-state index contributed by atoms with van der Waals surface area (Å²) < 4.78 is 0. The van der Waals surface area contributed by atoms with Crippen LogP contribution in [0.25, 0.3) is 0 Å². The van der Waals surface area contributed by atoms with Gasteiger partial charge in [0.2, 0.25) is 0 Å². The summed E-state index contributed by atoms with van der Waals surface area (Å²) >= 11 is 0. The first-order valence-electron chi connectivity index (χ1n) is 6.75. The first-order valence-corrected chi connectivity index (χ1v) is 6.75. The Labute approximate surface area is 109 Å². The number of piperazine rings is 1. The third-order valence-electron chi connectivity index (χ3n) is 3.58. The Balaban J connectivity index is 2.09. The standard InChI is InChI=1S/C13H23N5/c1-4-11-9-18(7-6-17(11)3)13-8-12(14-5-2)15-10-16-13/h8,10-11H,4-7,9H2,1-3H3,(H,14,15,16). The number of anilines is 2. The molecule has 0 bridgehead atoms. The number of nitrogens with zero attached hydrogens (tertiary/aromatic N) is 4. The van der Waals surface area contributed by atoms with Gasteiger partial charge >= 0.3 is 0 Å². The summed E-state index contributed by atoms with van der Waals surface area (Å²) in [5.74, 6) is 1.95. The van der Waals surface area contributed by atoms with Gasteiger partial charge in [0.25, 0.3) is 0 Å². The fraction of sp³-hybridized carbons (Fsp3) is 0.692. The number of rotatable bonds is 4. The first-order chi connectivity index (χ1) is 8.74. The number of likely N-dealkylation sites (N-methyl/N-ethyl adjacent to an activating group) is 1. The molecule has 1 N–H and O–H groups in total. The molecule has 1 aromatic rings. The average Bonchev–Trinajstić information content (AvgIpc) is 2.40. The molecule has 1 atom stereocenters. The van der Waals surface area contributed by atoms with E-state index in [2.05, 4.69) is 46.0 Å². The Morgan fingerprint density at radius 1 is 1.33 bits per heavy atom. The molecule has 0 amide bonds. The maximum atomic E-state index is 4.40. The van der Waals surface area contributed by atoms with Crippen molar-refractivity contribution in [1.29, 1.82) is 0 Å². The van der Waals surface area contributed by atoms with Crippen LogP contribution in [0.15, 0.2) is 12.4 Å². The van der Waals surface area contributed by atoms with Gasteiger partial charge in [-0.2, -0.15) is 0 Å². The predicted molar refractivity (Wildman–Crippen MR) is 75.1 cm³/mol. The largest absolute Gasteiger partial charge is 0.370 e. The molecule has 18 heavy (non-hydrogen) atoms. The summed E-state index contributed by atoms with van der Waals surface area (Å²) in [7, 11) is 2.20. The second-order valence-corrected chi connectivity index (χ2v) is 4.78. The van der Waals surface area contributed by atoms with Crippen molar-refractivity contribution < 1.29 is 0 Å². The lowest BCUT2D eigenvalue weighted by atomic mass is 10.1. The van der Waals surface area contributed by atoms with Gasteiger partial charge in [0.05, 0.1) is 0 Å². The summed E-state index contributed by atoms with van der Waals surface area (Å²) in [6.45, 7) is 8.39. The first kappa shape index (κ1) is 13.1. The third kappa shape index (κ3) is 2.90. The van der Waals surface area contributed by atoms with E-state index >= 15 is 0 Å². The van der Waals surface area contributed by atoms with E-state index in [1.165, 1.54) is 6.42 Å². The van der Waals surface area contributed by atoms with Crippen molar-refractivity contribution in [3.8, 4) is 0 Å². The van der Waals surface area contributed by atoms with Gasteiger partial charge in [-0.3, -0.25) is 4.90 Å². The molecule has 0 aromatic carbocycles. The van der Waals surface area contributed by atoms with Gasteiger partial charge < -0.3 is 10.2 Å².